The molecule has 0 fully saturated rings. The van der Waals surface area contributed by atoms with Gasteiger partial charge in [0, 0.05) is 6.54 Å². The van der Waals surface area contributed by atoms with E-state index in [4.69, 9.17) is 10.5 Å². The molecule has 0 aromatic heterocycles. The lowest BCUT2D eigenvalue weighted by Gasteiger charge is -2.18. The molecule has 6 nitrogen and oxygen atoms in total. The SMILES string of the molecule is CCCCCCCCCCCCCCNC(=O)[C@@H](CCCCN)NC(=O)OCc1ccccc1. The number of nitrogens with one attached hydrogen (secondary N) is 2. The Bertz CT molecular complexity index is 625. The second-order valence-corrected chi connectivity index (χ2v) is 9.22. The van der Waals surface area contributed by atoms with Crippen LogP contribution >= 0.6 is 0 Å². The van der Waals surface area contributed by atoms with Crippen LogP contribution in [0, 0.1) is 0 Å². The van der Waals surface area contributed by atoms with Gasteiger partial charge >= 0.3 is 6.09 Å². The summed E-state index contributed by atoms with van der Waals surface area (Å²) in [5, 5.41) is 5.71. The van der Waals surface area contributed by atoms with Crippen molar-refractivity contribution in [2.24, 2.45) is 5.73 Å². The van der Waals surface area contributed by atoms with Gasteiger partial charge in [0.2, 0.25) is 5.91 Å². The highest BCUT2D eigenvalue weighted by Crippen LogP contribution is 2.12. The van der Waals surface area contributed by atoms with Gasteiger partial charge in [-0.15, -0.1) is 0 Å². The lowest BCUT2D eigenvalue weighted by molar-refractivity contribution is -0.123. The number of ether oxygens (including phenoxy) is 1. The van der Waals surface area contributed by atoms with Crippen LogP contribution in [0.25, 0.3) is 0 Å². The molecule has 0 saturated heterocycles. The van der Waals surface area contributed by atoms with Gasteiger partial charge in [-0.3, -0.25) is 4.79 Å². The predicted octanol–water partition coefficient (Wildman–Crippen LogP) is 6.23. The molecule has 0 saturated carbocycles. The van der Waals surface area contributed by atoms with E-state index in [9.17, 15) is 9.59 Å². The lowest BCUT2D eigenvalue weighted by atomic mass is 10.1. The normalized spacial score (nSPS) is 11.7. The molecular weight excluding hydrogens is 426 g/mol. The van der Waals surface area contributed by atoms with Crippen molar-refractivity contribution in [1.29, 1.82) is 0 Å². The van der Waals surface area contributed by atoms with Gasteiger partial charge in [0.1, 0.15) is 12.6 Å². The molecule has 4 N–H and O–H groups in total. The second-order valence-electron chi connectivity index (χ2n) is 9.22. The van der Waals surface area contributed by atoms with Crippen molar-refractivity contribution < 1.29 is 14.3 Å². The molecule has 0 aliphatic heterocycles. The summed E-state index contributed by atoms with van der Waals surface area (Å²) in [6.07, 6.45) is 17.1. The molecule has 1 rings (SSSR count). The fraction of sp³-hybridized carbons (Fsp3) is 0.714. The van der Waals surface area contributed by atoms with Gasteiger partial charge in [-0.05, 0) is 37.8 Å². The number of hydrogen-bond acceptors (Lipinski definition) is 4. The van der Waals surface area contributed by atoms with Crippen LogP contribution in [0.3, 0.4) is 0 Å². The minimum absolute atomic E-state index is 0.142. The number of benzene rings is 1. The van der Waals surface area contributed by atoms with E-state index in [0.717, 1.165) is 31.2 Å². The first kappa shape index (κ1) is 30.0. The maximum atomic E-state index is 12.6. The Balaban J connectivity index is 2.16. The van der Waals surface area contributed by atoms with Crippen molar-refractivity contribution in [1.82, 2.24) is 10.6 Å². The van der Waals surface area contributed by atoms with Gasteiger partial charge in [-0.25, -0.2) is 4.79 Å². The zero-order valence-corrected chi connectivity index (χ0v) is 21.5. The molecule has 1 atom stereocenters. The number of hydrogen-bond donors (Lipinski definition) is 3. The van der Waals surface area contributed by atoms with E-state index in [1.165, 1.54) is 64.2 Å². The summed E-state index contributed by atoms with van der Waals surface area (Å²) in [5.74, 6) is -0.142. The fourth-order valence-corrected chi connectivity index (χ4v) is 3.97. The summed E-state index contributed by atoms with van der Waals surface area (Å²) < 4.78 is 5.28. The molecule has 0 aliphatic carbocycles. The van der Waals surface area contributed by atoms with Crippen molar-refractivity contribution in [3.8, 4) is 0 Å². The summed E-state index contributed by atoms with van der Waals surface area (Å²) in [6, 6.07) is 8.91. The maximum Gasteiger partial charge on any atom is 0.408 e. The van der Waals surface area contributed by atoms with Crippen LogP contribution in [-0.2, 0) is 16.1 Å². The minimum Gasteiger partial charge on any atom is -0.445 e. The van der Waals surface area contributed by atoms with Crippen molar-refractivity contribution >= 4 is 12.0 Å². The smallest absolute Gasteiger partial charge is 0.408 e. The Morgan fingerprint density at radius 1 is 0.824 bits per heavy atom. The molecule has 0 radical (unpaired) electrons. The Hall–Kier alpha value is -2.08. The molecule has 6 heteroatoms. The third kappa shape index (κ3) is 16.5. The molecule has 34 heavy (non-hydrogen) atoms. The van der Waals surface area contributed by atoms with E-state index in [1.807, 2.05) is 30.3 Å². The van der Waals surface area contributed by atoms with Crippen molar-refractivity contribution in [3.05, 3.63) is 35.9 Å². The number of alkyl carbamates (subject to hydrolysis) is 1. The molecule has 0 aliphatic rings. The first-order valence-electron chi connectivity index (χ1n) is 13.6. The number of unbranched alkanes of at least 4 members (excludes halogenated alkanes) is 12. The molecule has 0 heterocycles. The van der Waals surface area contributed by atoms with Gasteiger partial charge in [0.15, 0.2) is 0 Å². The van der Waals surface area contributed by atoms with Crippen LogP contribution in [0.1, 0.15) is 109 Å². The Labute approximate surface area is 207 Å². The average molecular weight is 476 g/mol. The molecule has 0 bridgehead atoms. The van der Waals surface area contributed by atoms with Crippen LogP contribution in [0.2, 0.25) is 0 Å². The van der Waals surface area contributed by atoms with Gasteiger partial charge in [-0.1, -0.05) is 108 Å². The van der Waals surface area contributed by atoms with E-state index in [2.05, 4.69) is 17.6 Å². The first-order chi connectivity index (χ1) is 16.7. The minimum atomic E-state index is -0.591. The quantitative estimate of drug-likeness (QED) is 0.184. The Morgan fingerprint density at radius 2 is 1.41 bits per heavy atom. The van der Waals surface area contributed by atoms with Crippen LogP contribution < -0.4 is 16.4 Å². The number of rotatable bonds is 21. The lowest BCUT2D eigenvalue weighted by Crippen LogP contribution is -2.47. The zero-order chi connectivity index (χ0) is 24.7. The molecular formula is C28H49N3O3. The third-order valence-corrected chi connectivity index (χ3v) is 6.10. The van der Waals surface area contributed by atoms with Crippen LogP contribution in [0.5, 0.6) is 0 Å². The van der Waals surface area contributed by atoms with Gasteiger partial charge < -0.3 is 21.1 Å². The molecule has 0 spiro atoms. The number of carbonyl (C=O) groups excluding carboxylic acids is 2. The standard InChI is InChI=1S/C28H49N3O3/c1-2-3-4-5-6-7-8-9-10-11-12-18-23-30-27(32)26(21-16-17-22-29)31-28(33)34-24-25-19-14-13-15-20-25/h13-15,19-20,26H,2-12,16-18,21-24,29H2,1H3,(H,30,32)(H,31,33)/t26-/m1/s1. The van der Waals surface area contributed by atoms with E-state index in [-0.39, 0.29) is 12.5 Å². The summed E-state index contributed by atoms with van der Waals surface area (Å²) in [7, 11) is 0. The summed E-state index contributed by atoms with van der Waals surface area (Å²) in [6.45, 7) is 3.66. The van der Waals surface area contributed by atoms with E-state index in [1.54, 1.807) is 0 Å². The summed E-state index contributed by atoms with van der Waals surface area (Å²) in [4.78, 5) is 24.9. The highest BCUT2D eigenvalue weighted by Gasteiger charge is 2.20. The van der Waals surface area contributed by atoms with Crippen molar-refractivity contribution in [2.75, 3.05) is 13.1 Å². The fourth-order valence-electron chi connectivity index (χ4n) is 3.97. The largest absolute Gasteiger partial charge is 0.445 e. The van der Waals surface area contributed by atoms with Crippen LogP contribution in [-0.4, -0.2) is 31.1 Å². The monoisotopic (exact) mass is 475 g/mol. The molecule has 1 aromatic carbocycles. The molecule has 2 amide bonds. The highest BCUT2D eigenvalue weighted by atomic mass is 16.5. The first-order valence-corrected chi connectivity index (χ1v) is 13.6. The van der Waals surface area contributed by atoms with E-state index < -0.39 is 12.1 Å². The van der Waals surface area contributed by atoms with Crippen molar-refractivity contribution in [2.45, 2.75) is 116 Å². The number of amides is 2. The van der Waals surface area contributed by atoms with Crippen LogP contribution in [0.4, 0.5) is 4.79 Å². The topological polar surface area (TPSA) is 93.5 Å². The maximum absolute atomic E-state index is 12.6. The predicted molar refractivity (Wildman–Crippen MR) is 141 cm³/mol. The van der Waals surface area contributed by atoms with Gasteiger partial charge in [-0.2, -0.15) is 0 Å². The van der Waals surface area contributed by atoms with Gasteiger partial charge in [0.05, 0.1) is 0 Å². The summed E-state index contributed by atoms with van der Waals surface area (Å²) in [5.41, 5.74) is 6.49. The Kier molecular flexibility index (Phi) is 18.9. The number of nitrogens with two attached hydrogens (primary N) is 1. The average Bonchev–Trinajstić information content (AvgIpc) is 2.85. The van der Waals surface area contributed by atoms with E-state index in [0.29, 0.717) is 19.5 Å². The summed E-state index contributed by atoms with van der Waals surface area (Å²) >= 11 is 0. The zero-order valence-electron chi connectivity index (χ0n) is 21.5. The highest BCUT2D eigenvalue weighted by molar-refractivity contribution is 5.85. The molecule has 1 aromatic rings. The number of carbonyl (C=O) groups is 2. The van der Waals surface area contributed by atoms with Crippen LogP contribution in [0.15, 0.2) is 30.3 Å². The van der Waals surface area contributed by atoms with E-state index >= 15 is 0 Å². The van der Waals surface area contributed by atoms with Gasteiger partial charge in [0.25, 0.3) is 0 Å². The molecule has 0 unspecified atom stereocenters. The Morgan fingerprint density at radius 3 is 2.00 bits per heavy atom. The second kappa shape index (κ2) is 21.5. The van der Waals surface area contributed by atoms with Crippen molar-refractivity contribution in [3.63, 3.8) is 0 Å². The third-order valence-electron chi connectivity index (χ3n) is 6.10. The molecule has 194 valence electrons.